The standard InChI is InChI=1S/C25H18NS3.C15H28O2.Ir/c1-25(2,3)17-13-16(12-15-8-11-27-23(15)17)22-20-19(6-9-26-22)29-18-5-4-14-7-10-28-24(14)21(18)20;1-7-14(5,8-2)12(16)11-13(17)15(6,9-3)10-4;/h4-11,13H,1-3H3;11,16H,7-10H2,1-6H3;/q-1;;/b;12-11-;. The summed E-state index contributed by atoms with van der Waals surface area (Å²) in [6.07, 6.45) is 6.70. The molecule has 4 heterocycles. The summed E-state index contributed by atoms with van der Waals surface area (Å²) in [5, 5.41) is 19.6. The minimum Gasteiger partial charge on any atom is -0.512 e. The summed E-state index contributed by atoms with van der Waals surface area (Å²) in [6, 6.07) is 17.0. The maximum Gasteiger partial charge on any atom is 0.164 e. The Morgan fingerprint density at radius 2 is 1.45 bits per heavy atom. The number of hydrogen-bond acceptors (Lipinski definition) is 6. The van der Waals surface area contributed by atoms with Gasteiger partial charge in [-0.25, -0.2) is 0 Å². The Bertz CT molecular complexity index is 2050. The van der Waals surface area contributed by atoms with Gasteiger partial charge in [-0.15, -0.1) is 46.3 Å². The van der Waals surface area contributed by atoms with Crippen LogP contribution in [0.4, 0.5) is 0 Å². The zero-order valence-corrected chi connectivity index (χ0v) is 33.8. The molecule has 0 bridgehead atoms. The van der Waals surface area contributed by atoms with Crippen molar-refractivity contribution in [1.29, 1.82) is 0 Å². The van der Waals surface area contributed by atoms with Gasteiger partial charge in [0.25, 0.3) is 0 Å². The molecule has 6 aromatic rings. The summed E-state index contributed by atoms with van der Waals surface area (Å²) in [7, 11) is 0. The molecule has 3 nitrogen and oxygen atoms in total. The van der Waals surface area contributed by atoms with E-state index < -0.39 is 0 Å². The summed E-state index contributed by atoms with van der Waals surface area (Å²) in [4.78, 5) is 17.1. The molecule has 0 fully saturated rings. The van der Waals surface area contributed by atoms with Crippen molar-refractivity contribution in [2.24, 2.45) is 10.8 Å². The van der Waals surface area contributed by atoms with Crippen LogP contribution in [-0.4, -0.2) is 15.9 Å². The Kier molecular flexibility index (Phi) is 11.6. The Morgan fingerprint density at radius 3 is 2.09 bits per heavy atom. The number of ketones is 1. The predicted molar refractivity (Wildman–Crippen MR) is 204 cm³/mol. The first kappa shape index (κ1) is 37.4. The molecule has 0 spiro atoms. The van der Waals surface area contributed by atoms with Crippen LogP contribution in [0.5, 0.6) is 0 Å². The number of pyridine rings is 1. The molecule has 1 radical (unpaired) electrons. The Morgan fingerprint density at radius 1 is 0.830 bits per heavy atom. The first-order chi connectivity index (χ1) is 21.8. The second kappa shape index (κ2) is 14.6. The Balaban J connectivity index is 0.000000242. The van der Waals surface area contributed by atoms with E-state index in [0.29, 0.717) is 0 Å². The molecular weight excluding hydrogens is 815 g/mol. The number of carbonyl (C=O) groups is 1. The van der Waals surface area contributed by atoms with Crippen molar-refractivity contribution in [2.45, 2.75) is 93.4 Å². The molecule has 0 saturated carbocycles. The van der Waals surface area contributed by atoms with Crippen molar-refractivity contribution in [1.82, 2.24) is 4.98 Å². The average molecular weight is 861 g/mol. The number of aliphatic hydroxyl groups is 1. The molecule has 0 aliphatic heterocycles. The molecule has 0 amide bonds. The minimum atomic E-state index is -0.337. The molecule has 0 unspecified atom stereocenters. The Hall–Kier alpha value is -2.41. The summed E-state index contributed by atoms with van der Waals surface area (Å²) in [5.74, 6) is 0.286. The third-order valence-electron chi connectivity index (χ3n) is 10.1. The van der Waals surface area contributed by atoms with Crippen molar-refractivity contribution in [3.8, 4) is 11.3 Å². The van der Waals surface area contributed by atoms with Gasteiger partial charge in [0, 0.05) is 68.4 Å². The van der Waals surface area contributed by atoms with Crippen molar-refractivity contribution in [3.05, 3.63) is 76.8 Å². The van der Waals surface area contributed by atoms with Crippen LogP contribution in [-0.2, 0) is 30.3 Å². The van der Waals surface area contributed by atoms with Crippen LogP contribution in [0, 0.1) is 16.9 Å². The second-order valence-corrected chi connectivity index (χ2v) is 16.8. The molecule has 0 saturated heterocycles. The van der Waals surface area contributed by atoms with E-state index in [1.54, 1.807) is 0 Å². The maximum absolute atomic E-state index is 12.2. The van der Waals surface area contributed by atoms with Gasteiger partial charge < -0.3 is 5.11 Å². The van der Waals surface area contributed by atoms with Crippen LogP contribution < -0.4 is 0 Å². The fourth-order valence-corrected chi connectivity index (χ4v) is 9.01. The van der Waals surface area contributed by atoms with Crippen molar-refractivity contribution >= 4 is 80.1 Å². The minimum absolute atomic E-state index is 0. The molecular formula is C40H46IrNO2S3-. The third kappa shape index (κ3) is 7.16. The Labute approximate surface area is 305 Å². The summed E-state index contributed by atoms with van der Waals surface area (Å²) in [5.41, 5.74) is 2.98. The van der Waals surface area contributed by atoms with E-state index in [1.165, 1.54) is 52.0 Å². The van der Waals surface area contributed by atoms with E-state index in [4.69, 9.17) is 4.98 Å². The van der Waals surface area contributed by atoms with E-state index in [1.807, 2.05) is 81.7 Å². The maximum atomic E-state index is 12.2. The first-order valence-electron chi connectivity index (χ1n) is 16.4. The van der Waals surface area contributed by atoms with Gasteiger partial charge in [0.05, 0.1) is 0 Å². The molecule has 6 rings (SSSR count). The fraction of sp³-hybridized carbons (Fsp3) is 0.400. The number of allylic oxidation sites excluding steroid dienone is 2. The van der Waals surface area contributed by atoms with Crippen molar-refractivity contribution in [2.75, 3.05) is 0 Å². The topological polar surface area (TPSA) is 50.2 Å². The quantitative estimate of drug-likeness (QED) is 0.0942. The number of fused-ring (bicyclic) bond motifs is 6. The van der Waals surface area contributed by atoms with Gasteiger partial charge in [0.1, 0.15) is 5.76 Å². The molecule has 7 heteroatoms. The van der Waals surface area contributed by atoms with E-state index in [2.05, 4.69) is 74.0 Å². The predicted octanol–water partition coefficient (Wildman–Crippen LogP) is 13.3. The van der Waals surface area contributed by atoms with Gasteiger partial charge in [-0.2, -0.15) is 11.3 Å². The number of thiophene rings is 3. The van der Waals surface area contributed by atoms with Gasteiger partial charge in [-0.1, -0.05) is 79.5 Å². The van der Waals surface area contributed by atoms with E-state index in [0.717, 1.165) is 36.9 Å². The molecule has 0 aliphatic rings. The number of aliphatic hydroxyl groups excluding tert-OH is 1. The zero-order valence-electron chi connectivity index (χ0n) is 29.0. The van der Waals surface area contributed by atoms with Crippen LogP contribution in [0.15, 0.2) is 65.2 Å². The molecule has 251 valence electrons. The third-order valence-corrected chi connectivity index (χ3v) is 13.1. The fourth-order valence-electron chi connectivity index (χ4n) is 5.80. The van der Waals surface area contributed by atoms with E-state index in [-0.39, 0.29) is 47.9 Å². The van der Waals surface area contributed by atoms with Crippen LogP contribution in [0.1, 0.15) is 93.6 Å². The summed E-state index contributed by atoms with van der Waals surface area (Å²) >= 11 is 5.49. The number of hydrogen-bond donors (Lipinski definition) is 1. The molecule has 0 atom stereocenters. The van der Waals surface area contributed by atoms with Gasteiger partial charge in [0.15, 0.2) is 5.78 Å². The van der Waals surface area contributed by atoms with Crippen LogP contribution in [0.25, 0.3) is 51.6 Å². The number of nitrogens with zero attached hydrogens (tertiary/aromatic N) is 1. The molecule has 4 aromatic heterocycles. The first-order valence-corrected chi connectivity index (χ1v) is 18.9. The smallest absolute Gasteiger partial charge is 0.164 e. The van der Waals surface area contributed by atoms with Crippen LogP contribution in [0.3, 0.4) is 0 Å². The summed E-state index contributed by atoms with van der Waals surface area (Å²) in [6.45, 7) is 18.9. The number of rotatable bonds is 8. The zero-order chi connectivity index (χ0) is 33.4. The number of carbonyl (C=O) groups excluding carboxylic acids is 1. The van der Waals surface area contributed by atoms with Crippen LogP contribution in [0.2, 0.25) is 0 Å². The van der Waals surface area contributed by atoms with Gasteiger partial charge in [-0.05, 0) is 75.5 Å². The average Bonchev–Trinajstić information content (AvgIpc) is 3.80. The van der Waals surface area contributed by atoms with Gasteiger partial charge in [0.2, 0.25) is 0 Å². The van der Waals surface area contributed by atoms with E-state index >= 15 is 0 Å². The molecule has 47 heavy (non-hydrogen) atoms. The molecule has 1 N–H and O–H groups in total. The molecule has 0 aliphatic carbocycles. The van der Waals surface area contributed by atoms with Crippen molar-refractivity contribution < 1.29 is 30.0 Å². The van der Waals surface area contributed by atoms with Crippen molar-refractivity contribution in [3.63, 3.8) is 0 Å². The summed E-state index contributed by atoms with van der Waals surface area (Å²) < 4.78 is 5.32. The SMILES string of the molecule is CC(C)(C)c1cc(-c2nccc3sc4ccc5ccsc5c4c23)[c-]c2ccsc12.CCC(C)(CC)C(=O)/C=C(\O)C(C)(CC)CC.[Ir]. The largest absolute Gasteiger partial charge is 0.512 e. The molecule has 2 aromatic carbocycles. The van der Waals surface area contributed by atoms with E-state index in [9.17, 15) is 9.90 Å². The van der Waals surface area contributed by atoms with Gasteiger partial charge >= 0.3 is 0 Å². The second-order valence-electron chi connectivity index (χ2n) is 13.9. The monoisotopic (exact) mass is 861 g/mol. The normalized spacial score (nSPS) is 12.8. The van der Waals surface area contributed by atoms with Gasteiger partial charge in [-0.3, -0.25) is 9.78 Å². The number of benzene rings is 2. The van der Waals surface area contributed by atoms with Crippen LogP contribution >= 0.6 is 34.0 Å². The number of aromatic nitrogens is 1.